The molecule has 1 aliphatic carbocycles. The van der Waals surface area contributed by atoms with Gasteiger partial charge in [-0.1, -0.05) is 12.8 Å². The van der Waals surface area contributed by atoms with E-state index < -0.39 is 0 Å². The number of rotatable bonds is 5. The zero-order valence-corrected chi connectivity index (χ0v) is 18.8. The van der Waals surface area contributed by atoms with Crippen molar-refractivity contribution < 1.29 is 24.2 Å². The van der Waals surface area contributed by atoms with Crippen molar-refractivity contribution in [1.29, 1.82) is 0 Å². The van der Waals surface area contributed by atoms with Crippen molar-refractivity contribution >= 4 is 17.6 Å². The molecule has 5 rings (SSSR count). The maximum Gasteiger partial charge on any atom is 0.342 e. The number of nitrogens with one attached hydrogen (secondary N) is 2. The summed E-state index contributed by atoms with van der Waals surface area (Å²) in [5, 5.41) is 20.7. The molecule has 9 nitrogen and oxygen atoms in total. The third kappa shape index (κ3) is 4.16. The first kappa shape index (κ1) is 21.8. The first-order chi connectivity index (χ1) is 16.5. The number of hydrogen-bond donors (Lipinski definition) is 3. The number of hydrogen-bond acceptors (Lipinski definition) is 6. The molecule has 2 amide bonds. The Labute approximate surface area is 196 Å². The third-order valence-corrected chi connectivity index (χ3v) is 6.20. The summed E-state index contributed by atoms with van der Waals surface area (Å²) in [6, 6.07) is 11.3. The van der Waals surface area contributed by atoms with Gasteiger partial charge in [0, 0.05) is 29.3 Å². The number of phenolic OH excluding ortho intramolecular Hbond substituents is 1. The Kier molecular flexibility index (Phi) is 5.83. The van der Waals surface area contributed by atoms with Crippen LogP contribution in [0.3, 0.4) is 0 Å². The highest BCUT2D eigenvalue weighted by Crippen LogP contribution is 2.38. The SMILES string of the molecule is CCNC(=O)n1nc(-c2cc(NC(=O)c3ccc4c(c3)OCO4)ccc2O)cc1C1CCCC1. The van der Waals surface area contributed by atoms with Crippen LogP contribution in [0.15, 0.2) is 42.5 Å². The van der Waals surface area contributed by atoms with Crippen LogP contribution in [0.4, 0.5) is 10.5 Å². The highest BCUT2D eigenvalue weighted by molar-refractivity contribution is 6.05. The lowest BCUT2D eigenvalue weighted by atomic mass is 10.0. The van der Waals surface area contributed by atoms with E-state index in [0.29, 0.717) is 40.6 Å². The quantitative estimate of drug-likeness (QED) is 0.482. The normalized spacial score (nSPS) is 14.9. The van der Waals surface area contributed by atoms with Crippen molar-refractivity contribution in [2.45, 2.75) is 38.5 Å². The molecule has 34 heavy (non-hydrogen) atoms. The van der Waals surface area contributed by atoms with Crippen LogP contribution in [0.2, 0.25) is 0 Å². The number of carbonyl (C=O) groups is 2. The van der Waals surface area contributed by atoms with Crippen LogP contribution >= 0.6 is 0 Å². The highest BCUT2D eigenvalue weighted by atomic mass is 16.7. The maximum atomic E-state index is 12.8. The number of benzene rings is 2. The van der Waals surface area contributed by atoms with Crippen LogP contribution in [0, 0.1) is 0 Å². The summed E-state index contributed by atoms with van der Waals surface area (Å²) in [7, 11) is 0. The van der Waals surface area contributed by atoms with Gasteiger partial charge in [-0.15, -0.1) is 0 Å². The van der Waals surface area contributed by atoms with E-state index in [4.69, 9.17) is 9.47 Å². The molecule has 2 aromatic carbocycles. The molecule has 1 fully saturated rings. The molecule has 3 aromatic rings. The van der Waals surface area contributed by atoms with Gasteiger partial charge >= 0.3 is 6.03 Å². The lowest BCUT2D eigenvalue weighted by Gasteiger charge is -2.11. The number of aromatic nitrogens is 2. The maximum absolute atomic E-state index is 12.8. The second kappa shape index (κ2) is 9.09. The smallest absolute Gasteiger partial charge is 0.342 e. The Hall–Kier alpha value is -4.01. The third-order valence-electron chi connectivity index (χ3n) is 6.20. The minimum Gasteiger partial charge on any atom is -0.507 e. The van der Waals surface area contributed by atoms with E-state index in [1.54, 1.807) is 30.3 Å². The number of carbonyl (C=O) groups excluding carboxylic acids is 2. The number of anilines is 1. The minimum atomic E-state index is -0.325. The second-order valence-electron chi connectivity index (χ2n) is 8.44. The summed E-state index contributed by atoms with van der Waals surface area (Å²) < 4.78 is 12.0. The summed E-state index contributed by atoms with van der Waals surface area (Å²) in [5.41, 5.74) is 2.66. The molecule has 9 heteroatoms. The van der Waals surface area contributed by atoms with Gasteiger partial charge in [-0.05, 0) is 62.2 Å². The number of aromatic hydroxyl groups is 1. The Morgan fingerprint density at radius 2 is 1.88 bits per heavy atom. The molecule has 0 unspecified atom stereocenters. The standard InChI is InChI=1S/C25H26N4O5/c1-2-26-25(32)29-20(15-5-3-4-6-15)13-19(28-29)18-12-17(8-9-21(18)30)27-24(31)16-7-10-22-23(11-16)34-14-33-22/h7-13,15,30H,2-6,14H2,1H3,(H,26,32)(H,27,31). The van der Waals surface area contributed by atoms with Crippen molar-refractivity contribution in [1.82, 2.24) is 15.1 Å². The first-order valence-corrected chi connectivity index (χ1v) is 11.5. The molecule has 0 bridgehead atoms. The summed E-state index contributed by atoms with van der Waals surface area (Å²) in [6.45, 7) is 2.48. The predicted octanol–water partition coefficient (Wildman–Crippen LogP) is 4.47. The Bertz CT molecular complexity index is 1250. The molecule has 0 saturated heterocycles. The van der Waals surface area contributed by atoms with Gasteiger partial charge in [-0.3, -0.25) is 4.79 Å². The summed E-state index contributed by atoms with van der Waals surface area (Å²) >= 11 is 0. The average molecular weight is 463 g/mol. The van der Waals surface area contributed by atoms with Crippen LogP contribution in [0.5, 0.6) is 17.2 Å². The van der Waals surface area contributed by atoms with Crippen LogP contribution in [0.25, 0.3) is 11.3 Å². The van der Waals surface area contributed by atoms with Crippen molar-refractivity contribution in [2.75, 3.05) is 18.7 Å². The van der Waals surface area contributed by atoms with E-state index in [1.165, 1.54) is 10.7 Å². The molecule has 176 valence electrons. The molecule has 0 spiro atoms. The van der Waals surface area contributed by atoms with Gasteiger partial charge < -0.3 is 25.2 Å². The molecule has 3 N–H and O–H groups in total. The summed E-state index contributed by atoms with van der Waals surface area (Å²) in [6.07, 6.45) is 4.24. The molecular weight excluding hydrogens is 436 g/mol. The average Bonchev–Trinajstić information content (AvgIpc) is 3.59. The molecule has 0 atom stereocenters. The fraction of sp³-hybridized carbons (Fsp3) is 0.320. The largest absolute Gasteiger partial charge is 0.507 e. The number of phenols is 1. The van der Waals surface area contributed by atoms with E-state index in [9.17, 15) is 14.7 Å². The zero-order chi connectivity index (χ0) is 23.7. The van der Waals surface area contributed by atoms with E-state index in [0.717, 1.165) is 31.4 Å². The molecule has 1 saturated carbocycles. The van der Waals surface area contributed by atoms with Crippen molar-refractivity contribution in [2.24, 2.45) is 0 Å². The zero-order valence-electron chi connectivity index (χ0n) is 18.8. The van der Waals surface area contributed by atoms with Crippen molar-refractivity contribution in [3.05, 3.63) is 53.7 Å². The van der Waals surface area contributed by atoms with Gasteiger partial charge in [0.25, 0.3) is 5.91 Å². The lowest BCUT2D eigenvalue weighted by molar-refractivity contribution is 0.102. The lowest BCUT2D eigenvalue weighted by Crippen LogP contribution is -2.30. The summed E-state index contributed by atoms with van der Waals surface area (Å²) in [4.78, 5) is 25.4. The van der Waals surface area contributed by atoms with Crippen molar-refractivity contribution in [3.63, 3.8) is 0 Å². The molecule has 0 radical (unpaired) electrons. The number of amides is 2. The monoisotopic (exact) mass is 462 g/mol. The van der Waals surface area contributed by atoms with E-state index in [2.05, 4.69) is 15.7 Å². The van der Waals surface area contributed by atoms with Gasteiger partial charge in [-0.25, -0.2) is 4.79 Å². The second-order valence-corrected chi connectivity index (χ2v) is 8.44. The van der Waals surface area contributed by atoms with Gasteiger partial charge in [0.2, 0.25) is 6.79 Å². The molecular formula is C25H26N4O5. The van der Waals surface area contributed by atoms with Crippen LogP contribution in [-0.4, -0.2) is 40.2 Å². The number of ether oxygens (including phenoxy) is 2. The molecule has 1 aromatic heterocycles. The van der Waals surface area contributed by atoms with Gasteiger partial charge in [0.15, 0.2) is 11.5 Å². The minimum absolute atomic E-state index is 0.0135. The first-order valence-electron chi connectivity index (χ1n) is 11.5. The Morgan fingerprint density at radius 3 is 2.68 bits per heavy atom. The highest BCUT2D eigenvalue weighted by Gasteiger charge is 2.26. The fourth-order valence-electron chi connectivity index (χ4n) is 4.49. The Morgan fingerprint density at radius 1 is 1.09 bits per heavy atom. The van der Waals surface area contributed by atoms with Gasteiger partial charge in [0.1, 0.15) is 5.75 Å². The number of nitrogens with zero attached hydrogens (tertiary/aromatic N) is 2. The Balaban J connectivity index is 1.44. The van der Waals surface area contributed by atoms with Crippen LogP contribution in [-0.2, 0) is 0 Å². The van der Waals surface area contributed by atoms with Crippen LogP contribution in [0.1, 0.15) is 54.6 Å². The number of fused-ring (bicyclic) bond motifs is 1. The van der Waals surface area contributed by atoms with Crippen LogP contribution < -0.4 is 20.1 Å². The van der Waals surface area contributed by atoms with Gasteiger partial charge in [0.05, 0.1) is 11.4 Å². The topological polar surface area (TPSA) is 115 Å². The fourth-order valence-corrected chi connectivity index (χ4v) is 4.49. The molecule has 2 heterocycles. The summed E-state index contributed by atoms with van der Waals surface area (Å²) in [5.74, 6) is 1.06. The van der Waals surface area contributed by atoms with E-state index in [1.807, 2.05) is 13.0 Å². The predicted molar refractivity (Wildman–Crippen MR) is 126 cm³/mol. The molecule has 2 aliphatic rings. The van der Waals surface area contributed by atoms with Gasteiger partial charge in [-0.2, -0.15) is 9.78 Å². The molecule has 1 aliphatic heterocycles. The van der Waals surface area contributed by atoms with E-state index in [-0.39, 0.29) is 30.4 Å². The van der Waals surface area contributed by atoms with E-state index >= 15 is 0 Å². The van der Waals surface area contributed by atoms with Crippen molar-refractivity contribution in [3.8, 4) is 28.5 Å².